The second-order valence-corrected chi connectivity index (χ2v) is 4.17. The van der Waals surface area contributed by atoms with Gasteiger partial charge < -0.3 is 0 Å². The quantitative estimate of drug-likeness (QED) is 0.590. The van der Waals surface area contributed by atoms with Crippen LogP contribution in [0.3, 0.4) is 0 Å². The zero-order chi connectivity index (χ0) is 10.9. The van der Waals surface area contributed by atoms with Gasteiger partial charge >= 0.3 is 0 Å². The first-order chi connectivity index (χ1) is 6.45. The van der Waals surface area contributed by atoms with Gasteiger partial charge in [-0.3, -0.25) is 4.79 Å². The van der Waals surface area contributed by atoms with Crippen molar-refractivity contribution in [3.63, 3.8) is 0 Å². The minimum absolute atomic E-state index is 0.0359. The third-order valence-corrected chi connectivity index (χ3v) is 3.53. The molecule has 1 aromatic carbocycles. The maximum absolute atomic E-state index is 12.6. The molecule has 0 radical (unpaired) electrons. The molecule has 0 aliphatic carbocycles. The molecule has 5 heteroatoms. The van der Waals surface area contributed by atoms with E-state index in [9.17, 15) is 13.6 Å². The van der Waals surface area contributed by atoms with Crippen LogP contribution in [-0.2, 0) is 0 Å². The topological polar surface area (TPSA) is 17.1 Å². The van der Waals surface area contributed by atoms with Crippen molar-refractivity contribution in [1.29, 1.82) is 0 Å². The summed E-state index contributed by atoms with van der Waals surface area (Å²) in [4.78, 5) is 11.1. The summed E-state index contributed by atoms with van der Waals surface area (Å²) in [5.41, 5.74) is -0.237. The highest BCUT2D eigenvalue weighted by molar-refractivity contribution is 14.1. The van der Waals surface area contributed by atoms with E-state index in [1.165, 1.54) is 19.1 Å². The second-order valence-electron chi connectivity index (χ2n) is 2.68. The number of Topliss-reactive ketones (excluding diaryl/α,β-unsaturated/α-hetero) is 1. The zero-order valence-electron chi connectivity index (χ0n) is 7.15. The summed E-state index contributed by atoms with van der Waals surface area (Å²) in [5.74, 6) is -0.380. The average Bonchev–Trinajstić information content (AvgIpc) is 2.08. The molecule has 0 aliphatic heterocycles. The van der Waals surface area contributed by atoms with Gasteiger partial charge in [0.15, 0.2) is 5.78 Å². The molecule has 0 aromatic heterocycles. The van der Waals surface area contributed by atoms with Crippen molar-refractivity contribution in [2.75, 3.05) is 0 Å². The molecule has 0 unspecified atom stereocenters. The van der Waals surface area contributed by atoms with Crippen molar-refractivity contribution in [2.45, 2.75) is 13.3 Å². The molecule has 0 aliphatic rings. The second kappa shape index (κ2) is 4.53. The number of hydrogen-bond donors (Lipinski definition) is 0. The Morgan fingerprint density at radius 1 is 1.50 bits per heavy atom. The van der Waals surface area contributed by atoms with Gasteiger partial charge in [-0.1, -0.05) is 11.6 Å². The van der Waals surface area contributed by atoms with Crippen molar-refractivity contribution in [3.05, 3.63) is 31.9 Å². The van der Waals surface area contributed by atoms with E-state index in [1.54, 1.807) is 22.6 Å². The van der Waals surface area contributed by atoms with Gasteiger partial charge in [0, 0.05) is 14.7 Å². The van der Waals surface area contributed by atoms with E-state index < -0.39 is 6.43 Å². The minimum Gasteiger partial charge on any atom is -0.294 e. The number of carbonyl (C=O) groups excluding carboxylic acids is 1. The summed E-state index contributed by atoms with van der Waals surface area (Å²) in [7, 11) is 0. The summed E-state index contributed by atoms with van der Waals surface area (Å²) in [5, 5.41) is 0.242. The lowest BCUT2D eigenvalue weighted by atomic mass is 10.1. The van der Waals surface area contributed by atoms with Crippen LogP contribution >= 0.6 is 34.2 Å². The molecule has 1 nitrogen and oxygen atoms in total. The summed E-state index contributed by atoms with van der Waals surface area (Å²) < 4.78 is 25.5. The fraction of sp³-hybridized carbons (Fsp3) is 0.222. The number of carbonyl (C=O) groups is 1. The molecule has 0 bridgehead atoms. The lowest BCUT2D eigenvalue weighted by Crippen LogP contribution is -2.03. The maximum atomic E-state index is 12.6. The Morgan fingerprint density at radius 3 is 2.50 bits per heavy atom. The van der Waals surface area contributed by atoms with Crippen molar-refractivity contribution in [3.8, 4) is 0 Å². The first-order valence-corrected chi connectivity index (χ1v) is 5.17. The molecule has 1 rings (SSSR count). The largest absolute Gasteiger partial charge is 0.294 e. The number of rotatable bonds is 2. The molecular formula is C9H6ClF2IO. The minimum atomic E-state index is -2.68. The molecule has 0 heterocycles. The van der Waals surface area contributed by atoms with E-state index in [0.29, 0.717) is 0 Å². The normalized spacial score (nSPS) is 10.7. The van der Waals surface area contributed by atoms with E-state index in [1.807, 2.05) is 0 Å². The Morgan fingerprint density at radius 2 is 2.07 bits per heavy atom. The van der Waals surface area contributed by atoms with Gasteiger partial charge in [0.1, 0.15) is 0 Å². The number of halogens is 4. The molecule has 0 saturated heterocycles. The van der Waals surface area contributed by atoms with Crippen LogP contribution in [0.25, 0.3) is 0 Å². The highest BCUT2D eigenvalue weighted by atomic mass is 127. The van der Waals surface area contributed by atoms with Crippen molar-refractivity contribution >= 4 is 40.0 Å². The summed E-state index contributed by atoms with van der Waals surface area (Å²) in [6.45, 7) is 1.26. The van der Waals surface area contributed by atoms with Gasteiger partial charge in [-0.25, -0.2) is 8.78 Å². The summed E-state index contributed by atoms with van der Waals surface area (Å²) in [6.07, 6.45) is -2.68. The molecule has 0 atom stereocenters. The van der Waals surface area contributed by atoms with Crippen LogP contribution in [0.15, 0.2) is 12.1 Å². The number of hydrogen-bond acceptors (Lipinski definition) is 1. The van der Waals surface area contributed by atoms with E-state index in [-0.39, 0.29) is 25.5 Å². The molecular weight excluding hydrogens is 324 g/mol. The van der Waals surface area contributed by atoms with Gasteiger partial charge in [-0.05, 0) is 41.6 Å². The number of alkyl halides is 2. The Hall–Kier alpha value is -0.230. The van der Waals surface area contributed by atoms with E-state index in [0.717, 1.165) is 0 Å². The van der Waals surface area contributed by atoms with Crippen LogP contribution in [0.1, 0.15) is 29.3 Å². The molecule has 14 heavy (non-hydrogen) atoms. The lowest BCUT2D eigenvalue weighted by molar-refractivity contribution is 0.0998. The van der Waals surface area contributed by atoms with E-state index in [2.05, 4.69) is 0 Å². The zero-order valence-corrected chi connectivity index (χ0v) is 10.1. The monoisotopic (exact) mass is 330 g/mol. The standard InChI is InChI=1S/C9H6ClF2IO/c1-4(14)5-2-3-6(10)8(13)7(5)9(11)12/h2-3,9H,1H3. The lowest BCUT2D eigenvalue weighted by Gasteiger charge is -2.09. The molecule has 76 valence electrons. The Kier molecular flexibility index (Phi) is 3.83. The van der Waals surface area contributed by atoms with Gasteiger partial charge in [-0.15, -0.1) is 0 Å². The van der Waals surface area contributed by atoms with Gasteiger partial charge in [-0.2, -0.15) is 0 Å². The van der Waals surface area contributed by atoms with Crippen LogP contribution in [0.4, 0.5) is 8.78 Å². The van der Waals surface area contributed by atoms with Gasteiger partial charge in [0.05, 0.1) is 5.02 Å². The van der Waals surface area contributed by atoms with Crippen LogP contribution in [-0.4, -0.2) is 5.78 Å². The Bertz CT molecular complexity index is 379. The van der Waals surface area contributed by atoms with Gasteiger partial charge in [0.25, 0.3) is 6.43 Å². The van der Waals surface area contributed by atoms with Gasteiger partial charge in [0.2, 0.25) is 0 Å². The van der Waals surface area contributed by atoms with Crippen LogP contribution in [0.2, 0.25) is 5.02 Å². The third kappa shape index (κ3) is 2.23. The van der Waals surface area contributed by atoms with Crippen LogP contribution in [0.5, 0.6) is 0 Å². The molecule has 0 saturated carbocycles. The van der Waals surface area contributed by atoms with Crippen molar-refractivity contribution < 1.29 is 13.6 Å². The smallest absolute Gasteiger partial charge is 0.265 e. The predicted molar refractivity (Wildman–Crippen MR) is 59.1 cm³/mol. The SMILES string of the molecule is CC(=O)c1ccc(Cl)c(I)c1C(F)F. The van der Waals surface area contributed by atoms with Crippen LogP contribution < -0.4 is 0 Å². The first kappa shape index (κ1) is 11.8. The fourth-order valence-electron chi connectivity index (χ4n) is 1.09. The van der Waals surface area contributed by atoms with E-state index in [4.69, 9.17) is 11.6 Å². The molecule has 0 spiro atoms. The van der Waals surface area contributed by atoms with Crippen molar-refractivity contribution in [2.24, 2.45) is 0 Å². The first-order valence-electron chi connectivity index (χ1n) is 3.72. The molecule has 0 amide bonds. The maximum Gasteiger partial charge on any atom is 0.265 e. The molecule has 0 fully saturated rings. The molecule has 1 aromatic rings. The third-order valence-electron chi connectivity index (χ3n) is 1.73. The van der Waals surface area contributed by atoms with Crippen LogP contribution in [0, 0.1) is 3.57 Å². The summed E-state index contributed by atoms with van der Waals surface area (Å²) in [6, 6.07) is 2.78. The fourth-order valence-corrected chi connectivity index (χ4v) is 1.96. The highest BCUT2D eigenvalue weighted by Gasteiger charge is 2.20. The average molecular weight is 330 g/mol. The number of ketones is 1. The Balaban J connectivity index is 3.45. The van der Waals surface area contributed by atoms with Crippen molar-refractivity contribution in [1.82, 2.24) is 0 Å². The Labute approximate surface area is 98.6 Å². The predicted octanol–water partition coefficient (Wildman–Crippen LogP) is 4.08. The number of benzene rings is 1. The highest BCUT2D eigenvalue weighted by Crippen LogP contribution is 2.32. The molecule has 0 N–H and O–H groups in total. The summed E-state index contributed by atoms with van der Waals surface area (Å²) >= 11 is 7.40. The van der Waals surface area contributed by atoms with E-state index >= 15 is 0 Å².